The molecule has 0 amide bonds. The predicted molar refractivity (Wildman–Crippen MR) is 76.2 cm³/mol. The van der Waals surface area contributed by atoms with Crippen molar-refractivity contribution in [2.75, 3.05) is 7.05 Å². The molecule has 1 rings (SSSR count). The molecule has 0 saturated heterocycles. The highest BCUT2D eigenvalue weighted by Gasteiger charge is 2.25. The number of aryl methyl sites for hydroxylation is 1. The summed E-state index contributed by atoms with van der Waals surface area (Å²) in [5.41, 5.74) is 0.816. The van der Waals surface area contributed by atoms with Crippen molar-refractivity contribution in [1.29, 1.82) is 0 Å². The minimum atomic E-state index is -0.718. The molecule has 0 spiro atoms. The van der Waals surface area contributed by atoms with Crippen molar-refractivity contribution < 1.29 is 8.78 Å². The Balaban J connectivity index is 3.10. The van der Waals surface area contributed by atoms with Crippen LogP contribution in [0.25, 0.3) is 0 Å². The van der Waals surface area contributed by atoms with Crippen LogP contribution < -0.4 is 5.32 Å². The normalized spacial score (nSPS) is 13.0. The smallest absolute Gasteiger partial charge is 0.163 e. The highest BCUT2D eigenvalue weighted by molar-refractivity contribution is 5.28. The zero-order valence-corrected chi connectivity index (χ0v) is 12.4. The average molecular weight is 269 g/mol. The van der Waals surface area contributed by atoms with E-state index in [2.05, 4.69) is 19.2 Å². The molecular formula is C16H25F2N. The minimum Gasteiger partial charge on any atom is -0.313 e. The third kappa shape index (κ3) is 3.75. The number of benzene rings is 1. The van der Waals surface area contributed by atoms with Crippen molar-refractivity contribution in [2.24, 2.45) is 5.92 Å². The van der Waals surface area contributed by atoms with Gasteiger partial charge in [-0.1, -0.05) is 38.8 Å². The molecule has 0 radical (unpaired) electrons. The van der Waals surface area contributed by atoms with E-state index in [1.54, 1.807) is 19.1 Å². The van der Waals surface area contributed by atoms with Gasteiger partial charge in [0.25, 0.3) is 0 Å². The highest BCUT2D eigenvalue weighted by atomic mass is 19.2. The van der Waals surface area contributed by atoms with Gasteiger partial charge in [0.05, 0.1) is 0 Å². The molecule has 0 aliphatic heterocycles. The Morgan fingerprint density at radius 1 is 1.05 bits per heavy atom. The van der Waals surface area contributed by atoms with Crippen molar-refractivity contribution in [3.63, 3.8) is 0 Å². The Morgan fingerprint density at radius 3 is 2.11 bits per heavy atom. The monoisotopic (exact) mass is 269 g/mol. The van der Waals surface area contributed by atoms with Gasteiger partial charge in [-0.05, 0) is 38.3 Å². The summed E-state index contributed by atoms with van der Waals surface area (Å²) in [6, 6.07) is 3.26. The minimum absolute atomic E-state index is 0.116. The first kappa shape index (κ1) is 16.1. The second kappa shape index (κ2) is 7.59. The summed E-state index contributed by atoms with van der Waals surface area (Å²) in [5.74, 6) is -1.07. The van der Waals surface area contributed by atoms with Gasteiger partial charge in [0.15, 0.2) is 11.6 Å². The summed E-state index contributed by atoms with van der Waals surface area (Å²) < 4.78 is 27.8. The maximum absolute atomic E-state index is 14.1. The van der Waals surface area contributed by atoms with E-state index in [9.17, 15) is 8.78 Å². The topological polar surface area (TPSA) is 12.0 Å². The molecule has 1 nitrogen and oxygen atoms in total. The van der Waals surface area contributed by atoms with Crippen LogP contribution >= 0.6 is 0 Å². The van der Waals surface area contributed by atoms with Gasteiger partial charge in [-0.25, -0.2) is 8.78 Å². The molecule has 19 heavy (non-hydrogen) atoms. The fourth-order valence-electron chi connectivity index (χ4n) is 2.77. The Hall–Kier alpha value is -0.960. The van der Waals surface area contributed by atoms with Crippen molar-refractivity contribution in [3.8, 4) is 0 Å². The molecular weight excluding hydrogens is 244 g/mol. The van der Waals surface area contributed by atoms with Gasteiger partial charge in [0.2, 0.25) is 0 Å². The van der Waals surface area contributed by atoms with Gasteiger partial charge in [0.1, 0.15) is 0 Å². The molecule has 0 aromatic heterocycles. The van der Waals surface area contributed by atoms with Crippen LogP contribution in [0.15, 0.2) is 12.1 Å². The lowest BCUT2D eigenvalue weighted by atomic mass is 9.85. The van der Waals surface area contributed by atoms with Crippen molar-refractivity contribution in [1.82, 2.24) is 5.32 Å². The Labute approximate surface area is 115 Å². The first-order valence-corrected chi connectivity index (χ1v) is 7.18. The molecule has 0 fully saturated rings. The summed E-state index contributed by atoms with van der Waals surface area (Å²) in [5, 5.41) is 3.17. The van der Waals surface area contributed by atoms with Crippen LogP contribution in [0.1, 0.15) is 56.7 Å². The van der Waals surface area contributed by atoms with E-state index >= 15 is 0 Å². The van der Waals surface area contributed by atoms with Gasteiger partial charge in [-0.15, -0.1) is 0 Å². The molecule has 0 heterocycles. The van der Waals surface area contributed by atoms with Crippen molar-refractivity contribution >= 4 is 0 Å². The second-order valence-corrected chi connectivity index (χ2v) is 5.20. The van der Waals surface area contributed by atoms with Crippen LogP contribution in [0.3, 0.4) is 0 Å². The number of nitrogens with one attached hydrogen (secondary N) is 1. The maximum Gasteiger partial charge on any atom is 0.163 e. The third-order valence-corrected chi connectivity index (χ3v) is 3.74. The van der Waals surface area contributed by atoms with Gasteiger partial charge in [0, 0.05) is 11.6 Å². The molecule has 3 heteroatoms. The number of hydrogen-bond donors (Lipinski definition) is 1. The molecule has 0 aliphatic carbocycles. The molecule has 0 saturated carbocycles. The molecule has 1 unspecified atom stereocenters. The summed E-state index contributed by atoms with van der Waals surface area (Å²) in [6.45, 7) is 5.84. The number of halogens is 2. The first-order chi connectivity index (χ1) is 9.06. The SMILES string of the molecule is CCCC(CCC)C(NC)c1ccc(C)c(F)c1F. The van der Waals surface area contributed by atoms with E-state index in [0.717, 1.165) is 25.7 Å². The lowest BCUT2D eigenvalue weighted by molar-refractivity contribution is 0.319. The van der Waals surface area contributed by atoms with E-state index in [1.165, 1.54) is 0 Å². The number of hydrogen-bond acceptors (Lipinski definition) is 1. The van der Waals surface area contributed by atoms with Gasteiger partial charge in [-0.3, -0.25) is 0 Å². The molecule has 0 aliphatic rings. The summed E-state index contributed by atoms with van der Waals surface area (Å²) in [6.07, 6.45) is 4.15. The van der Waals surface area contributed by atoms with Crippen molar-refractivity contribution in [2.45, 2.75) is 52.5 Å². The molecule has 1 atom stereocenters. The quantitative estimate of drug-likeness (QED) is 0.753. The Kier molecular flexibility index (Phi) is 6.43. The summed E-state index contributed by atoms with van der Waals surface area (Å²) in [4.78, 5) is 0. The van der Waals surface area contributed by atoms with E-state index in [1.807, 2.05) is 7.05 Å². The van der Waals surface area contributed by atoms with Gasteiger partial charge >= 0.3 is 0 Å². The standard InChI is InChI=1S/C16H25F2N/c1-5-7-12(8-6-2)16(19-4)13-10-9-11(3)14(17)15(13)18/h9-10,12,16,19H,5-8H2,1-4H3. The molecule has 108 valence electrons. The van der Waals surface area contributed by atoms with E-state index in [-0.39, 0.29) is 6.04 Å². The van der Waals surface area contributed by atoms with Crippen molar-refractivity contribution in [3.05, 3.63) is 34.9 Å². The van der Waals surface area contributed by atoms with Crippen LogP contribution in [-0.2, 0) is 0 Å². The number of rotatable bonds is 7. The molecule has 1 N–H and O–H groups in total. The lowest BCUT2D eigenvalue weighted by Gasteiger charge is -2.27. The van der Waals surface area contributed by atoms with Crippen LogP contribution in [0.2, 0.25) is 0 Å². The molecule has 0 bridgehead atoms. The highest BCUT2D eigenvalue weighted by Crippen LogP contribution is 2.32. The predicted octanol–water partition coefficient (Wildman–Crippen LogP) is 4.75. The first-order valence-electron chi connectivity index (χ1n) is 7.18. The van der Waals surface area contributed by atoms with Crippen LogP contribution in [0, 0.1) is 24.5 Å². The fourth-order valence-corrected chi connectivity index (χ4v) is 2.77. The Bertz CT molecular complexity index is 398. The fraction of sp³-hybridized carbons (Fsp3) is 0.625. The van der Waals surface area contributed by atoms with Crippen LogP contribution in [-0.4, -0.2) is 7.05 Å². The van der Waals surface area contributed by atoms with Gasteiger partial charge < -0.3 is 5.32 Å². The molecule has 1 aromatic rings. The Morgan fingerprint density at radius 2 is 1.63 bits per heavy atom. The average Bonchev–Trinajstić information content (AvgIpc) is 2.40. The zero-order valence-electron chi connectivity index (χ0n) is 12.4. The zero-order chi connectivity index (χ0) is 14.4. The lowest BCUT2D eigenvalue weighted by Crippen LogP contribution is -2.26. The van der Waals surface area contributed by atoms with E-state index in [4.69, 9.17) is 0 Å². The maximum atomic E-state index is 14.1. The van der Waals surface area contributed by atoms with Gasteiger partial charge in [-0.2, -0.15) is 0 Å². The summed E-state index contributed by atoms with van der Waals surface area (Å²) >= 11 is 0. The second-order valence-electron chi connectivity index (χ2n) is 5.20. The largest absolute Gasteiger partial charge is 0.313 e. The van der Waals surface area contributed by atoms with E-state index < -0.39 is 11.6 Å². The summed E-state index contributed by atoms with van der Waals surface area (Å²) in [7, 11) is 1.82. The molecule has 1 aromatic carbocycles. The van der Waals surface area contributed by atoms with Crippen LogP contribution in [0.4, 0.5) is 8.78 Å². The van der Waals surface area contributed by atoms with E-state index in [0.29, 0.717) is 17.0 Å². The third-order valence-electron chi connectivity index (χ3n) is 3.74. The van der Waals surface area contributed by atoms with Crippen LogP contribution in [0.5, 0.6) is 0 Å².